The monoisotopic (exact) mass is 670 g/mol. The molecular weight excluding hydrogens is 639 g/mol. The van der Waals surface area contributed by atoms with Crippen LogP contribution in [0.25, 0.3) is 22.0 Å². The normalized spacial score (nSPS) is 19.8. The quantitative estimate of drug-likeness (QED) is 0.220. The number of likely N-dealkylation sites (tertiary alicyclic amines) is 1. The predicted octanol–water partition coefficient (Wildman–Crippen LogP) is 4.72. The van der Waals surface area contributed by atoms with Gasteiger partial charge >= 0.3 is 0 Å². The summed E-state index contributed by atoms with van der Waals surface area (Å²) in [6.45, 7) is 6.55. The summed E-state index contributed by atoms with van der Waals surface area (Å²) in [7, 11) is 0. The van der Waals surface area contributed by atoms with E-state index in [2.05, 4.69) is 30.6 Å². The highest BCUT2D eigenvalue weighted by Gasteiger charge is 2.67. The number of nitrogens with zero attached hydrogens (tertiary/aromatic N) is 7. The van der Waals surface area contributed by atoms with Gasteiger partial charge in [-0.15, -0.1) is 10.2 Å². The van der Waals surface area contributed by atoms with Gasteiger partial charge in [0.25, 0.3) is 0 Å². The lowest BCUT2D eigenvalue weighted by Gasteiger charge is -2.27. The summed E-state index contributed by atoms with van der Waals surface area (Å²) >= 11 is 5.94. The number of carbonyl (C=O) groups excluding carboxylic acids is 3. The Morgan fingerprint density at radius 1 is 1.08 bits per heavy atom. The minimum Gasteiger partial charge on any atom is -0.426 e. The molecule has 1 aliphatic heterocycles. The van der Waals surface area contributed by atoms with Crippen molar-refractivity contribution in [3.8, 4) is 11.1 Å². The van der Waals surface area contributed by atoms with E-state index in [0.717, 1.165) is 16.7 Å². The van der Waals surface area contributed by atoms with Crippen LogP contribution < -0.4 is 5.32 Å². The maximum absolute atomic E-state index is 14.6. The molecule has 1 N–H and O–H groups in total. The van der Waals surface area contributed by atoms with Crippen LogP contribution in [0, 0.1) is 32.0 Å². The summed E-state index contributed by atoms with van der Waals surface area (Å²) in [6, 6.07) is 7.32. The van der Waals surface area contributed by atoms with Crippen LogP contribution in [0.3, 0.4) is 0 Å². The van der Waals surface area contributed by atoms with Gasteiger partial charge in [0.1, 0.15) is 29.9 Å². The van der Waals surface area contributed by atoms with Crippen molar-refractivity contribution in [2.24, 2.45) is 5.41 Å². The maximum atomic E-state index is 14.6. The van der Waals surface area contributed by atoms with Gasteiger partial charge < -0.3 is 14.6 Å². The molecule has 14 heteroatoms. The Bertz CT molecular complexity index is 2110. The Morgan fingerprint density at radius 3 is 2.56 bits per heavy atom. The molecule has 3 atom stereocenters. The molecule has 48 heavy (non-hydrogen) atoms. The molecule has 1 aliphatic carbocycles. The van der Waals surface area contributed by atoms with Crippen LogP contribution in [0.1, 0.15) is 59.0 Å². The van der Waals surface area contributed by atoms with Crippen molar-refractivity contribution in [3.05, 3.63) is 88.0 Å². The lowest BCUT2D eigenvalue weighted by Crippen LogP contribution is -2.48. The fourth-order valence-corrected chi connectivity index (χ4v) is 7.18. The van der Waals surface area contributed by atoms with Crippen molar-refractivity contribution in [2.45, 2.75) is 72.1 Å². The average Bonchev–Trinajstić information content (AvgIpc) is 3.30. The number of amides is 2. The molecule has 0 unspecified atom stereocenters. The fraction of sp³-hybridized carbons (Fsp3) is 0.353. The van der Waals surface area contributed by atoms with Crippen molar-refractivity contribution in [1.29, 1.82) is 0 Å². The Morgan fingerprint density at radius 2 is 1.85 bits per heavy atom. The second-order valence-corrected chi connectivity index (χ2v) is 13.1. The number of piperidine rings is 1. The van der Waals surface area contributed by atoms with Gasteiger partial charge in [0, 0.05) is 67.2 Å². The molecule has 5 aromatic rings. The summed E-state index contributed by atoms with van der Waals surface area (Å²) in [5.74, 6) is -0.0702. The van der Waals surface area contributed by atoms with Crippen LogP contribution in [0.15, 0.2) is 47.1 Å². The predicted molar refractivity (Wildman–Crippen MR) is 172 cm³/mol. The lowest BCUT2D eigenvalue weighted by atomic mass is 9.95. The van der Waals surface area contributed by atoms with E-state index in [9.17, 15) is 18.8 Å². The van der Waals surface area contributed by atoms with Gasteiger partial charge in [-0.1, -0.05) is 23.7 Å². The Hall–Kier alpha value is -5.04. The zero-order chi connectivity index (χ0) is 33.9. The molecule has 2 fully saturated rings. The van der Waals surface area contributed by atoms with Crippen LogP contribution >= 0.6 is 11.6 Å². The molecule has 2 aliphatic rings. The summed E-state index contributed by atoms with van der Waals surface area (Å²) in [5.41, 5.74) is 3.11. The minimum absolute atomic E-state index is 0.0412. The van der Waals surface area contributed by atoms with E-state index in [-0.39, 0.29) is 47.1 Å². The topological polar surface area (TPSA) is 149 Å². The van der Waals surface area contributed by atoms with Crippen molar-refractivity contribution < 1.29 is 23.2 Å². The number of hydrogen-bond donors (Lipinski definition) is 1. The van der Waals surface area contributed by atoms with Gasteiger partial charge in [-0.2, -0.15) is 5.10 Å². The molecule has 0 bridgehead atoms. The smallest absolute Gasteiger partial charge is 0.245 e. The molecule has 1 saturated carbocycles. The number of rotatable bonds is 9. The largest absolute Gasteiger partial charge is 0.426 e. The van der Waals surface area contributed by atoms with E-state index in [1.165, 1.54) is 13.0 Å². The molecule has 0 radical (unpaired) electrons. The highest BCUT2D eigenvalue weighted by molar-refractivity contribution is 6.30. The van der Waals surface area contributed by atoms with E-state index in [1.807, 2.05) is 19.1 Å². The van der Waals surface area contributed by atoms with Crippen molar-refractivity contribution in [2.75, 3.05) is 0 Å². The third-order valence-electron chi connectivity index (χ3n) is 9.33. The molecule has 1 saturated heterocycles. The zero-order valence-corrected chi connectivity index (χ0v) is 27.5. The number of hydrogen-bond acceptors (Lipinski definition) is 9. The zero-order valence-electron chi connectivity index (χ0n) is 26.8. The van der Waals surface area contributed by atoms with Gasteiger partial charge in [-0.3, -0.25) is 19.1 Å². The molecule has 2 amide bonds. The van der Waals surface area contributed by atoms with Crippen LogP contribution in [0.4, 0.5) is 4.39 Å². The number of fused-ring (bicyclic) bond motifs is 2. The summed E-state index contributed by atoms with van der Waals surface area (Å²) < 4.78 is 21.8. The highest BCUT2D eigenvalue weighted by atomic mass is 35.5. The van der Waals surface area contributed by atoms with E-state index in [1.54, 1.807) is 48.0 Å². The third kappa shape index (κ3) is 5.61. The van der Waals surface area contributed by atoms with Crippen molar-refractivity contribution in [1.82, 2.24) is 40.2 Å². The number of ketones is 1. The Balaban J connectivity index is 1.20. The third-order valence-corrected chi connectivity index (χ3v) is 9.62. The van der Waals surface area contributed by atoms with Crippen LogP contribution in [-0.4, -0.2) is 64.5 Å². The van der Waals surface area contributed by atoms with Gasteiger partial charge in [-0.25, -0.2) is 14.4 Å². The first kappa shape index (κ1) is 31.6. The van der Waals surface area contributed by atoms with E-state index >= 15 is 0 Å². The number of carbonyl (C=O) groups is 3. The van der Waals surface area contributed by atoms with Crippen molar-refractivity contribution >= 4 is 40.1 Å². The maximum Gasteiger partial charge on any atom is 0.245 e. The van der Waals surface area contributed by atoms with Crippen molar-refractivity contribution in [3.63, 3.8) is 0 Å². The number of halogens is 2. The molecule has 246 valence electrons. The van der Waals surface area contributed by atoms with Crippen LogP contribution in [0.5, 0.6) is 0 Å². The second-order valence-electron chi connectivity index (χ2n) is 12.7. The number of nitrogens with one attached hydrogen (secondary N) is 1. The highest BCUT2D eigenvalue weighted by Crippen LogP contribution is 2.61. The van der Waals surface area contributed by atoms with E-state index in [4.69, 9.17) is 16.0 Å². The minimum atomic E-state index is -0.828. The Labute approximate surface area is 279 Å². The lowest BCUT2D eigenvalue weighted by molar-refractivity contribution is -0.140. The second kappa shape index (κ2) is 11.9. The average molecular weight is 671 g/mol. The molecule has 4 heterocycles. The van der Waals surface area contributed by atoms with E-state index in [0.29, 0.717) is 47.8 Å². The first-order valence-corrected chi connectivity index (χ1v) is 15.9. The fourth-order valence-electron chi connectivity index (χ4n) is 6.98. The molecule has 2 aromatic carbocycles. The van der Waals surface area contributed by atoms with Gasteiger partial charge in [-0.05, 0) is 56.0 Å². The summed E-state index contributed by atoms with van der Waals surface area (Å²) in [5, 5.41) is 16.1. The van der Waals surface area contributed by atoms with Gasteiger partial charge in [0.15, 0.2) is 5.78 Å². The molecule has 3 aromatic heterocycles. The molecule has 0 spiro atoms. The Kier molecular flexibility index (Phi) is 7.81. The number of aromatic nitrogens is 6. The number of Topliss-reactive ketones (excluding diaryl/α,β-unsaturated/α-hetero) is 1. The first-order valence-electron chi connectivity index (χ1n) is 15.6. The standard InChI is InChI=1S/C34H32ClFN8O4/c1-17-8-22(23-14-37-19(3)38-15-23)9-24-31(18(2)45)42-43(32(17)24)16-29(46)44-26(33(47)39-13-21-6-5-7-25(35)30(21)36)10-34(11-27(34)44)12-28-41-40-20(4)48-28/h5-9,14-15,26-27H,10-13,16H2,1-4H3,(H,39,47)/t26-,27+,34-/m0/s1. The summed E-state index contributed by atoms with van der Waals surface area (Å²) in [4.78, 5) is 50.9. The van der Waals surface area contributed by atoms with E-state index < -0.39 is 23.2 Å². The SMILES string of the molecule is CC(=O)c1nn(CC(=O)N2[C@H](C(=O)NCc3cccc(Cl)c3F)C[C@@]3(Cc4nnc(C)o4)C[C@@H]23)c2c(C)cc(-c3cnc(C)nc3)cc12. The molecular formula is C34H32ClFN8O4. The number of benzene rings is 2. The van der Waals surface area contributed by atoms with Gasteiger partial charge in [0.2, 0.25) is 23.6 Å². The molecule has 7 rings (SSSR count). The molecule has 12 nitrogen and oxygen atoms in total. The first-order chi connectivity index (χ1) is 22.9. The van der Waals surface area contributed by atoms with Crippen LogP contribution in [0.2, 0.25) is 5.02 Å². The number of aryl methyl sites for hydroxylation is 3. The van der Waals surface area contributed by atoms with Gasteiger partial charge in [0.05, 0.1) is 10.5 Å². The van der Waals surface area contributed by atoms with Crippen LogP contribution in [-0.2, 0) is 29.1 Å². The summed E-state index contributed by atoms with van der Waals surface area (Å²) in [6.07, 6.45) is 4.89.